The summed E-state index contributed by atoms with van der Waals surface area (Å²) in [6, 6.07) is 10.2. The van der Waals surface area contributed by atoms with Crippen molar-refractivity contribution in [2.75, 3.05) is 0 Å². The summed E-state index contributed by atoms with van der Waals surface area (Å²) in [7, 11) is 0. The van der Waals surface area contributed by atoms with Gasteiger partial charge in [0.2, 0.25) is 5.28 Å². The van der Waals surface area contributed by atoms with Gasteiger partial charge in [-0.25, -0.2) is 9.97 Å². The second-order valence-electron chi connectivity index (χ2n) is 3.91. The molecule has 0 radical (unpaired) electrons. The molecule has 0 N–H and O–H groups in total. The molecule has 0 fully saturated rings. The summed E-state index contributed by atoms with van der Waals surface area (Å²) < 4.78 is 1.05. The Balaban J connectivity index is 2.12. The van der Waals surface area contributed by atoms with Crippen LogP contribution in [0.2, 0.25) is 5.28 Å². The molecule has 0 saturated heterocycles. The van der Waals surface area contributed by atoms with Gasteiger partial charge in [0.15, 0.2) is 0 Å². The number of aromatic nitrogens is 2. The van der Waals surface area contributed by atoms with Crippen molar-refractivity contribution in [3.8, 4) is 0 Å². The van der Waals surface area contributed by atoms with E-state index in [1.54, 1.807) is 23.1 Å². The first-order chi connectivity index (χ1) is 9.13. The van der Waals surface area contributed by atoms with Gasteiger partial charge in [-0.1, -0.05) is 23.9 Å². The summed E-state index contributed by atoms with van der Waals surface area (Å²) in [6.45, 7) is 2.06. The molecule has 0 spiro atoms. The van der Waals surface area contributed by atoms with Gasteiger partial charge in [-0.05, 0) is 52.7 Å². The van der Waals surface area contributed by atoms with Gasteiger partial charge < -0.3 is 0 Å². The molecule has 19 heavy (non-hydrogen) atoms. The first-order valence-electron chi connectivity index (χ1n) is 5.49. The van der Waals surface area contributed by atoms with Gasteiger partial charge in [0.05, 0.1) is 0 Å². The Bertz CT molecular complexity index is 757. The van der Waals surface area contributed by atoms with Crippen LogP contribution in [0.1, 0.15) is 4.88 Å². The van der Waals surface area contributed by atoms with Crippen molar-refractivity contribution >= 4 is 60.8 Å². The molecule has 96 valence electrons. The molecule has 0 unspecified atom stereocenters. The van der Waals surface area contributed by atoms with Crippen molar-refractivity contribution in [3.63, 3.8) is 0 Å². The smallest absolute Gasteiger partial charge is 0.210 e. The number of fused-ring (bicyclic) bond motifs is 1. The number of thiophene rings is 1. The van der Waals surface area contributed by atoms with Crippen LogP contribution in [0.4, 0.5) is 0 Å². The first-order valence-corrected chi connectivity index (χ1v) is 8.30. The minimum Gasteiger partial charge on any atom is -0.210 e. The van der Waals surface area contributed by atoms with Crippen LogP contribution in [0.25, 0.3) is 10.2 Å². The molecule has 0 saturated carbocycles. The van der Waals surface area contributed by atoms with Crippen molar-refractivity contribution in [2.45, 2.75) is 16.8 Å². The maximum atomic E-state index is 6.00. The zero-order valence-corrected chi connectivity index (χ0v) is 13.8. The zero-order valence-electron chi connectivity index (χ0n) is 9.85. The average molecular weight is 372 g/mol. The molecule has 0 bridgehead atoms. The average Bonchev–Trinajstić information content (AvgIpc) is 2.72. The molecule has 3 aromatic rings. The van der Waals surface area contributed by atoms with E-state index in [0.717, 1.165) is 24.6 Å². The molecule has 2 nitrogen and oxygen atoms in total. The molecule has 2 aromatic heterocycles. The lowest BCUT2D eigenvalue weighted by Gasteiger charge is -2.04. The Morgan fingerprint density at radius 2 is 2.05 bits per heavy atom. The lowest BCUT2D eigenvalue weighted by atomic mass is 10.4. The lowest BCUT2D eigenvalue weighted by Crippen LogP contribution is -1.86. The van der Waals surface area contributed by atoms with E-state index in [0.29, 0.717) is 5.28 Å². The minimum atomic E-state index is 0.295. The highest BCUT2D eigenvalue weighted by Gasteiger charge is 2.12. The summed E-state index contributed by atoms with van der Waals surface area (Å²) in [4.78, 5) is 11.9. The number of benzene rings is 1. The molecule has 2 heterocycles. The van der Waals surface area contributed by atoms with Crippen molar-refractivity contribution < 1.29 is 0 Å². The van der Waals surface area contributed by atoms with Gasteiger partial charge in [-0.15, -0.1) is 11.3 Å². The van der Waals surface area contributed by atoms with E-state index in [1.807, 2.05) is 18.2 Å². The highest BCUT2D eigenvalue weighted by atomic mass is 79.9. The first kappa shape index (κ1) is 13.4. The van der Waals surface area contributed by atoms with Crippen LogP contribution in [0, 0.1) is 6.92 Å². The molecule has 0 atom stereocenters. The minimum absolute atomic E-state index is 0.295. The topological polar surface area (TPSA) is 25.8 Å². The highest BCUT2D eigenvalue weighted by molar-refractivity contribution is 9.10. The van der Waals surface area contributed by atoms with Crippen LogP contribution in [0.5, 0.6) is 0 Å². The summed E-state index contributed by atoms with van der Waals surface area (Å²) in [5.41, 5.74) is 0. The van der Waals surface area contributed by atoms with E-state index in [2.05, 4.69) is 45.0 Å². The Kier molecular flexibility index (Phi) is 3.80. The molecular weight excluding hydrogens is 364 g/mol. The van der Waals surface area contributed by atoms with Crippen molar-refractivity contribution in [3.05, 3.63) is 45.0 Å². The number of nitrogens with zero attached hydrogens (tertiary/aromatic N) is 2. The van der Waals surface area contributed by atoms with Gasteiger partial charge in [-0.3, -0.25) is 0 Å². The molecule has 0 aliphatic heterocycles. The molecule has 3 rings (SSSR count). The number of hydrogen-bond donors (Lipinski definition) is 0. The van der Waals surface area contributed by atoms with Crippen LogP contribution < -0.4 is 0 Å². The van der Waals surface area contributed by atoms with Gasteiger partial charge >= 0.3 is 0 Å². The van der Waals surface area contributed by atoms with Crippen molar-refractivity contribution in [1.29, 1.82) is 0 Å². The van der Waals surface area contributed by atoms with Crippen LogP contribution >= 0.6 is 50.6 Å². The molecular formula is C13H8BrClN2S2. The SMILES string of the molecule is Cc1cc2c(Sc3ccccc3Br)nc(Cl)nc2s1. The second kappa shape index (κ2) is 5.40. The van der Waals surface area contributed by atoms with E-state index in [1.165, 1.54) is 4.88 Å². The van der Waals surface area contributed by atoms with E-state index >= 15 is 0 Å². The Hall–Kier alpha value is -0.620. The molecule has 1 aromatic carbocycles. The van der Waals surface area contributed by atoms with Crippen molar-refractivity contribution in [1.82, 2.24) is 9.97 Å². The largest absolute Gasteiger partial charge is 0.224 e. The van der Waals surface area contributed by atoms with Crippen LogP contribution in [-0.4, -0.2) is 9.97 Å². The van der Waals surface area contributed by atoms with Gasteiger partial charge in [-0.2, -0.15) is 0 Å². The third-order valence-electron chi connectivity index (χ3n) is 2.50. The quantitative estimate of drug-likeness (QED) is 0.435. The molecule has 0 amide bonds. The van der Waals surface area contributed by atoms with Crippen molar-refractivity contribution in [2.24, 2.45) is 0 Å². The van der Waals surface area contributed by atoms with Crippen LogP contribution in [0.15, 0.2) is 44.7 Å². The fourth-order valence-electron chi connectivity index (χ4n) is 1.70. The highest BCUT2D eigenvalue weighted by Crippen LogP contribution is 2.38. The van der Waals surface area contributed by atoms with Crippen LogP contribution in [0.3, 0.4) is 0 Å². The lowest BCUT2D eigenvalue weighted by molar-refractivity contribution is 1.11. The number of hydrogen-bond acceptors (Lipinski definition) is 4. The summed E-state index contributed by atoms with van der Waals surface area (Å²) in [5.74, 6) is 0. The normalized spacial score (nSPS) is 11.1. The number of aryl methyl sites for hydroxylation is 1. The maximum Gasteiger partial charge on any atom is 0.224 e. The maximum absolute atomic E-state index is 6.00. The van der Waals surface area contributed by atoms with Crippen LogP contribution in [-0.2, 0) is 0 Å². The number of halogens is 2. The Labute approximate surface area is 132 Å². The third kappa shape index (κ3) is 2.79. The zero-order chi connectivity index (χ0) is 13.4. The Morgan fingerprint density at radius 3 is 2.84 bits per heavy atom. The standard InChI is InChI=1S/C13H8BrClN2S2/c1-7-6-8-11(18-7)16-13(15)17-12(8)19-10-5-3-2-4-9(10)14/h2-6H,1H3. The summed E-state index contributed by atoms with van der Waals surface area (Å²) in [6.07, 6.45) is 0. The third-order valence-corrected chi connectivity index (χ3v) is 5.64. The van der Waals surface area contributed by atoms with E-state index in [-0.39, 0.29) is 0 Å². The van der Waals surface area contributed by atoms with E-state index in [4.69, 9.17) is 11.6 Å². The molecule has 6 heteroatoms. The molecule has 0 aliphatic carbocycles. The van der Waals surface area contributed by atoms with Gasteiger partial charge in [0, 0.05) is 19.6 Å². The Morgan fingerprint density at radius 1 is 1.26 bits per heavy atom. The number of rotatable bonds is 2. The summed E-state index contributed by atoms with van der Waals surface area (Å²) >= 11 is 12.8. The summed E-state index contributed by atoms with van der Waals surface area (Å²) in [5, 5.41) is 2.25. The van der Waals surface area contributed by atoms with Gasteiger partial charge in [0.25, 0.3) is 0 Å². The predicted molar refractivity (Wildman–Crippen MR) is 85.4 cm³/mol. The van der Waals surface area contributed by atoms with E-state index in [9.17, 15) is 0 Å². The fourth-order valence-corrected chi connectivity index (χ4v) is 4.36. The predicted octanol–water partition coefficient (Wildman–Crippen LogP) is 5.57. The fraction of sp³-hybridized carbons (Fsp3) is 0.0769. The monoisotopic (exact) mass is 370 g/mol. The van der Waals surface area contributed by atoms with E-state index < -0.39 is 0 Å². The van der Waals surface area contributed by atoms with Gasteiger partial charge in [0.1, 0.15) is 9.86 Å². The second-order valence-corrected chi connectivity index (χ2v) is 7.36. The molecule has 0 aliphatic rings.